The number of carbonyl (C=O) groups is 1. The molecule has 0 aliphatic carbocycles. The Morgan fingerprint density at radius 3 is 2.96 bits per heavy atom. The molecule has 0 radical (unpaired) electrons. The van der Waals surface area contributed by atoms with Crippen LogP contribution in [0.5, 0.6) is 0 Å². The number of thioether (sulfide) groups is 1. The average molecular weight is 423 g/mol. The molecule has 2 aromatic heterocycles. The van der Waals surface area contributed by atoms with E-state index in [1.807, 2.05) is 30.3 Å². The highest BCUT2D eigenvalue weighted by Crippen LogP contribution is 2.33. The number of benzene rings is 1. The summed E-state index contributed by atoms with van der Waals surface area (Å²) in [5.74, 6) is 1.09. The first kappa shape index (κ1) is 20.3. The fourth-order valence-electron chi connectivity index (χ4n) is 3.43. The highest BCUT2D eigenvalue weighted by atomic mass is 35.5. The van der Waals surface area contributed by atoms with Crippen molar-refractivity contribution in [2.45, 2.75) is 41.8 Å². The molecule has 0 spiro atoms. The molecule has 4 nitrogen and oxygen atoms in total. The van der Waals surface area contributed by atoms with Crippen LogP contribution in [-0.4, -0.2) is 24.5 Å². The van der Waals surface area contributed by atoms with Crippen molar-refractivity contribution in [3.05, 3.63) is 53.1 Å². The van der Waals surface area contributed by atoms with E-state index < -0.39 is 0 Å². The summed E-state index contributed by atoms with van der Waals surface area (Å²) >= 11 is 3.46. The maximum absolute atomic E-state index is 12.9. The van der Waals surface area contributed by atoms with Gasteiger partial charge in [-0.15, -0.1) is 35.5 Å². The smallest absolute Gasteiger partial charge is 0.287 e. The summed E-state index contributed by atoms with van der Waals surface area (Å²) in [6, 6.07) is 12.7. The van der Waals surface area contributed by atoms with Crippen LogP contribution in [0.15, 0.2) is 50.4 Å². The zero-order valence-electron chi connectivity index (χ0n) is 15.1. The molecule has 1 aromatic carbocycles. The minimum Gasteiger partial charge on any atom is -0.451 e. The third-order valence-corrected chi connectivity index (χ3v) is 6.87. The van der Waals surface area contributed by atoms with E-state index in [1.54, 1.807) is 23.1 Å². The summed E-state index contributed by atoms with van der Waals surface area (Å²) in [7, 11) is 0. The number of para-hydroxylation sites is 1. The zero-order chi connectivity index (χ0) is 17.9. The van der Waals surface area contributed by atoms with Crippen molar-refractivity contribution in [2.24, 2.45) is 0 Å². The molecule has 1 fully saturated rings. The Labute approximate surface area is 173 Å². The predicted octanol–water partition coefficient (Wildman–Crippen LogP) is 5.08. The van der Waals surface area contributed by atoms with Crippen LogP contribution < -0.4 is 10.6 Å². The van der Waals surface area contributed by atoms with Gasteiger partial charge in [-0.25, -0.2) is 0 Å². The standard InChI is InChI=1S/C20H22N2O2S2.ClH/c1-13-11-14(8-9-21-13)22-20(23)19-16(12-26-18-7-4-10-25-18)15-5-2-3-6-17(15)24-19;/h2-7,10,13-14,21H,8-9,11-12H2,1H3,(H,22,23);1H. The molecule has 0 bridgehead atoms. The van der Waals surface area contributed by atoms with Crippen LogP contribution in [0.4, 0.5) is 0 Å². The number of rotatable bonds is 5. The van der Waals surface area contributed by atoms with Gasteiger partial charge in [0.25, 0.3) is 5.91 Å². The van der Waals surface area contributed by atoms with Crippen molar-refractivity contribution < 1.29 is 9.21 Å². The first-order valence-electron chi connectivity index (χ1n) is 8.91. The van der Waals surface area contributed by atoms with Gasteiger partial charge in [-0.3, -0.25) is 4.79 Å². The molecule has 2 unspecified atom stereocenters. The molecule has 2 atom stereocenters. The van der Waals surface area contributed by atoms with Gasteiger partial charge in [-0.05, 0) is 43.8 Å². The number of nitrogens with one attached hydrogen (secondary N) is 2. The van der Waals surface area contributed by atoms with Crippen LogP contribution in [0.2, 0.25) is 0 Å². The Balaban J connectivity index is 0.00000210. The van der Waals surface area contributed by atoms with Gasteiger partial charge in [0.2, 0.25) is 0 Å². The summed E-state index contributed by atoms with van der Waals surface area (Å²) in [5.41, 5.74) is 1.76. The monoisotopic (exact) mass is 422 g/mol. The third kappa shape index (κ3) is 4.69. The van der Waals surface area contributed by atoms with Gasteiger partial charge in [-0.2, -0.15) is 0 Å². The Bertz CT molecular complexity index is 895. The third-order valence-electron chi connectivity index (χ3n) is 4.72. The van der Waals surface area contributed by atoms with Gasteiger partial charge in [0.15, 0.2) is 5.76 Å². The summed E-state index contributed by atoms with van der Waals surface area (Å²) in [6.45, 7) is 3.09. The molecule has 1 aliphatic rings. The van der Waals surface area contributed by atoms with Gasteiger partial charge in [0.05, 0.1) is 4.21 Å². The molecule has 0 saturated carbocycles. The Morgan fingerprint density at radius 1 is 1.33 bits per heavy atom. The molecule has 144 valence electrons. The summed E-state index contributed by atoms with van der Waals surface area (Å²) in [5, 5.41) is 9.70. The van der Waals surface area contributed by atoms with E-state index in [9.17, 15) is 4.79 Å². The van der Waals surface area contributed by atoms with E-state index in [2.05, 4.69) is 29.0 Å². The predicted molar refractivity (Wildman–Crippen MR) is 115 cm³/mol. The minimum absolute atomic E-state index is 0. The Hall–Kier alpha value is -1.47. The number of hydrogen-bond donors (Lipinski definition) is 2. The molecule has 2 N–H and O–H groups in total. The van der Waals surface area contributed by atoms with Crippen molar-refractivity contribution in [1.29, 1.82) is 0 Å². The summed E-state index contributed by atoms with van der Waals surface area (Å²) in [4.78, 5) is 12.9. The fraction of sp³-hybridized carbons (Fsp3) is 0.350. The van der Waals surface area contributed by atoms with Gasteiger partial charge in [0.1, 0.15) is 5.58 Å². The molecule has 4 rings (SSSR count). The number of fused-ring (bicyclic) bond motifs is 1. The van der Waals surface area contributed by atoms with Crippen molar-refractivity contribution >= 4 is 52.4 Å². The van der Waals surface area contributed by atoms with E-state index in [0.717, 1.165) is 41.7 Å². The zero-order valence-corrected chi connectivity index (χ0v) is 17.5. The van der Waals surface area contributed by atoms with Gasteiger partial charge >= 0.3 is 0 Å². The quantitative estimate of drug-likeness (QED) is 0.563. The first-order valence-corrected chi connectivity index (χ1v) is 10.8. The number of furan rings is 1. The van der Waals surface area contributed by atoms with Crippen molar-refractivity contribution in [1.82, 2.24) is 10.6 Å². The van der Waals surface area contributed by atoms with Gasteiger partial charge in [-0.1, -0.05) is 24.3 Å². The van der Waals surface area contributed by atoms with Crippen molar-refractivity contribution in [3.8, 4) is 0 Å². The number of piperidine rings is 1. The maximum Gasteiger partial charge on any atom is 0.287 e. The van der Waals surface area contributed by atoms with E-state index >= 15 is 0 Å². The second-order valence-corrected chi connectivity index (χ2v) is 8.90. The SMILES string of the molecule is CC1CC(NC(=O)c2oc3ccccc3c2CSc2cccs2)CCN1.Cl. The first-order chi connectivity index (χ1) is 12.7. The maximum atomic E-state index is 12.9. The van der Waals surface area contributed by atoms with Crippen molar-refractivity contribution in [2.75, 3.05) is 6.54 Å². The average Bonchev–Trinajstić information content (AvgIpc) is 3.27. The van der Waals surface area contributed by atoms with Crippen LogP contribution in [0.25, 0.3) is 11.0 Å². The van der Waals surface area contributed by atoms with E-state index in [0.29, 0.717) is 11.8 Å². The molecule has 3 heterocycles. The van der Waals surface area contributed by atoms with E-state index in [-0.39, 0.29) is 24.4 Å². The topological polar surface area (TPSA) is 54.3 Å². The van der Waals surface area contributed by atoms with Crippen LogP contribution in [0, 0.1) is 0 Å². The minimum atomic E-state index is -0.0953. The second kappa shape index (κ2) is 9.15. The lowest BCUT2D eigenvalue weighted by Gasteiger charge is -2.28. The number of hydrogen-bond acceptors (Lipinski definition) is 5. The second-order valence-electron chi connectivity index (χ2n) is 6.68. The lowest BCUT2D eigenvalue weighted by Crippen LogP contribution is -2.46. The fourth-order valence-corrected chi connectivity index (χ4v) is 5.24. The molecular formula is C20H23ClN2O2S2. The molecular weight excluding hydrogens is 400 g/mol. The number of halogens is 1. The number of amides is 1. The molecule has 3 aromatic rings. The molecule has 7 heteroatoms. The van der Waals surface area contributed by atoms with Crippen LogP contribution in [-0.2, 0) is 5.75 Å². The molecule has 1 amide bonds. The molecule has 27 heavy (non-hydrogen) atoms. The van der Waals surface area contributed by atoms with Crippen molar-refractivity contribution in [3.63, 3.8) is 0 Å². The summed E-state index contributed by atoms with van der Waals surface area (Å²) in [6.07, 6.45) is 1.90. The normalized spacial score (nSPS) is 19.6. The van der Waals surface area contributed by atoms with Crippen LogP contribution in [0.1, 0.15) is 35.9 Å². The van der Waals surface area contributed by atoms with Gasteiger partial charge in [0, 0.05) is 28.8 Å². The number of thiophene rings is 1. The Morgan fingerprint density at radius 2 is 2.19 bits per heavy atom. The highest BCUT2D eigenvalue weighted by Gasteiger charge is 2.25. The largest absolute Gasteiger partial charge is 0.451 e. The Kier molecular flexibility index (Phi) is 6.87. The van der Waals surface area contributed by atoms with E-state index in [1.165, 1.54) is 4.21 Å². The molecule has 1 saturated heterocycles. The van der Waals surface area contributed by atoms with E-state index in [4.69, 9.17) is 4.42 Å². The lowest BCUT2D eigenvalue weighted by molar-refractivity contribution is 0.0898. The van der Waals surface area contributed by atoms with Crippen LogP contribution in [0.3, 0.4) is 0 Å². The molecule has 1 aliphatic heterocycles. The van der Waals surface area contributed by atoms with Gasteiger partial charge < -0.3 is 15.1 Å². The number of carbonyl (C=O) groups excluding carboxylic acids is 1. The lowest BCUT2D eigenvalue weighted by atomic mass is 10.0. The summed E-state index contributed by atoms with van der Waals surface area (Å²) < 4.78 is 7.21. The van der Waals surface area contributed by atoms with Crippen LogP contribution >= 0.6 is 35.5 Å². The highest BCUT2D eigenvalue weighted by molar-refractivity contribution is 8.00.